The van der Waals surface area contributed by atoms with Gasteiger partial charge in [0.05, 0.1) is 25.4 Å². The number of fused-ring (bicyclic) bond motifs is 8. The second kappa shape index (κ2) is 12.1. The molecule has 4 heterocycles. The van der Waals surface area contributed by atoms with Gasteiger partial charge in [0.2, 0.25) is 0 Å². The molecule has 3 unspecified atom stereocenters. The number of ether oxygens (including phenoxy) is 6. The van der Waals surface area contributed by atoms with Crippen molar-refractivity contribution < 1.29 is 38.6 Å². The maximum Gasteiger partial charge on any atom is 0.186 e. The highest BCUT2D eigenvalue weighted by Crippen LogP contribution is 2.70. The van der Waals surface area contributed by atoms with E-state index in [0.717, 1.165) is 49.8 Å². The first kappa shape index (κ1) is 33.5. The van der Waals surface area contributed by atoms with Crippen LogP contribution in [0.3, 0.4) is 0 Å². The molecule has 9 rings (SSSR count). The van der Waals surface area contributed by atoms with Crippen LogP contribution in [0.15, 0.2) is 35.9 Å². The summed E-state index contributed by atoms with van der Waals surface area (Å²) in [5.74, 6) is 3.37. The molecular weight excluding hydrogens is 620 g/mol. The van der Waals surface area contributed by atoms with Gasteiger partial charge in [-0.1, -0.05) is 69.2 Å². The molecule has 1 aromatic rings. The van der Waals surface area contributed by atoms with Gasteiger partial charge in [0.1, 0.15) is 24.4 Å². The minimum atomic E-state index is -1.19. The van der Waals surface area contributed by atoms with Crippen LogP contribution in [0.4, 0.5) is 0 Å². The Morgan fingerprint density at radius 2 is 1.69 bits per heavy atom. The summed E-state index contributed by atoms with van der Waals surface area (Å²) in [4.78, 5) is 0. The third kappa shape index (κ3) is 5.20. The third-order valence-electron chi connectivity index (χ3n) is 15.3. The second-order valence-corrected chi connectivity index (χ2v) is 18.0. The SMILES string of the molecule is Cc1ccc(C2OCC3O[C@@H](O[C@H]4CC[C@@]5(C)C(=CC[C@H]6[C@@H]7C[C@@H]8O[C@]9(CC[C@@H](C)CO9)[C@@H](C)[C@@H]8[C@@]7(C)CC[C@@H]65)C4)C(O)[C@@H](O)[C@@H]3O2)cc1. The molecule has 7 fully saturated rings. The number of rotatable bonds is 3. The van der Waals surface area contributed by atoms with Gasteiger partial charge in [0, 0.05) is 17.9 Å². The number of aryl methyl sites for hydroxylation is 1. The van der Waals surface area contributed by atoms with Crippen molar-refractivity contribution in [3.8, 4) is 0 Å². The molecular formula is C41H58O8. The van der Waals surface area contributed by atoms with Crippen molar-refractivity contribution in [3.63, 3.8) is 0 Å². The Hall–Kier alpha value is -1.36. The van der Waals surface area contributed by atoms with Gasteiger partial charge < -0.3 is 38.6 Å². The van der Waals surface area contributed by atoms with E-state index in [2.05, 4.69) is 33.8 Å². The summed E-state index contributed by atoms with van der Waals surface area (Å²) in [6, 6.07) is 7.97. The summed E-state index contributed by atoms with van der Waals surface area (Å²) in [5.41, 5.74) is 4.04. The van der Waals surface area contributed by atoms with Crippen molar-refractivity contribution in [1.29, 1.82) is 0 Å². The van der Waals surface area contributed by atoms with Gasteiger partial charge in [-0.25, -0.2) is 0 Å². The number of benzene rings is 1. The number of aliphatic hydroxyl groups is 2. The number of allylic oxidation sites excluding steroid dienone is 1. The predicted molar refractivity (Wildman–Crippen MR) is 182 cm³/mol. The van der Waals surface area contributed by atoms with Crippen LogP contribution >= 0.6 is 0 Å². The van der Waals surface area contributed by atoms with E-state index in [1.54, 1.807) is 0 Å². The van der Waals surface area contributed by atoms with Gasteiger partial charge in [-0.3, -0.25) is 0 Å². The monoisotopic (exact) mass is 678 g/mol. The molecule has 4 saturated heterocycles. The predicted octanol–water partition coefficient (Wildman–Crippen LogP) is 6.61. The maximum absolute atomic E-state index is 11.2. The molecule has 1 aromatic carbocycles. The lowest BCUT2D eigenvalue weighted by Crippen LogP contribution is -2.62. The summed E-state index contributed by atoms with van der Waals surface area (Å²) < 4.78 is 38.4. The lowest BCUT2D eigenvalue weighted by molar-refractivity contribution is -0.367. The molecule has 0 bridgehead atoms. The van der Waals surface area contributed by atoms with Crippen LogP contribution in [0.1, 0.15) is 103 Å². The Morgan fingerprint density at radius 1 is 0.878 bits per heavy atom. The largest absolute Gasteiger partial charge is 0.387 e. The maximum atomic E-state index is 11.2. The van der Waals surface area contributed by atoms with E-state index in [0.29, 0.717) is 47.0 Å². The molecule has 8 aliphatic rings. The summed E-state index contributed by atoms with van der Waals surface area (Å²) in [6.45, 7) is 13.0. The molecule has 0 amide bonds. The van der Waals surface area contributed by atoms with Crippen LogP contribution in [0.25, 0.3) is 0 Å². The van der Waals surface area contributed by atoms with Crippen LogP contribution in [-0.2, 0) is 28.4 Å². The van der Waals surface area contributed by atoms with Crippen LogP contribution in [-0.4, -0.2) is 72.1 Å². The normalized spacial score (nSPS) is 53.6. The highest BCUT2D eigenvalue weighted by Gasteiger charge is 2.68. The highest BCUT2D eigenvalue weighted by atomic mass is 16.8. The van der Waals surface area contributed by atoms with Crippen molar-refractivity contribution in [2.75, 3.05) is 13.2 Å². The molecule has 4 aliphatic heterocycles. The Kier molecular flexibility index (Phi) is 8.26. The zero-order valence-corrected chi connectivity index (χ0v) is 30.1. The van der Waals surface area contributed by atoms with Crippen molar-refractivity contribution in [2.24, 2.45) is 46.3 Å². The minimum Gasteiger partial charge on any atom is -0.387 e. The van der Waals surface area contributed by atoms with Gasteiger partial charge >= 0.3 is 0 Å². The quantitative estimate of drug-likeness (QED) is 0.345. The Bertz CT molecular complexity index is 1420. The van der Waals surface area contributed by atoms with E-state index < -0.39 is 37.0 Å². The topological polar surface area (TPSA) is 95.8 Å². The zero-order chi connectivity index (χ0) is 33.9. The molecule has 0 radical (unpaired) electrons. The van der Waals surface area contributed by atoms with Gasteiger partial charge in [-0.2, -0.15) is 0 Å². The standard InChI is InChI=1S/C41H58O8/c1-22-6-8-25(9-7-22)37-44-21-32-36(48-37)34(42)35(43)38(47-32)46-27-13-15-39(4)26(18-27)10-11-28-29(39)14-16-40(5)30(28)19-31-33(40)24(3)41(49-31)17-12-23(2)20-45-41/h6-10,23-24,27-38,42-43H,11-21H2,1-5H3/t23-,24+,27+,28-,29+,30+,31+,32?,33+,34-,35?,36-,37?,38-,39+,40+,41-/m1/s1. The fourth-order valence-electron chi connectivity index (χ4n) is 12.5. The van der Waals surface area contributed by atoms with E-state index in [1.165, 1.54) is 31.3 Å². The van der Waals surface area contributed by atoms with Crippen LogP contribution in [0, 0.1) is 53.3 Å². The number of hydrogen-bond acceptors (Lipinski definition) is 8. The Morgan fingerprint density at radius 3 is 2.47 bits per heavy atom. The van der Waals surface area contributed by atoms with Crippen molar-refractivity contribution in [3.05, 3.63) is 47.0 Å². The summed E-state index contributed by atoms with van der Waals surface area (Å²) in [5, 5.41) is 22.4. The molecule has 270 valence electrons. The lowest BCUT2D eigenvalue weighted by Gasteiger charge is -2.58. The number of hydrogen-bond donors (Lipinski definition) is 2. The number of aliphatic hydroxyl groups excluding tert-OH is 2. The molecule has 2 N–H and O–H groups in total. The highest BCUT2D eigenvalue weighted by molar-refractivity contribution is 5.27. The lowest BCUT2D eigenvalue weighted by atomic mass is 9.47. The van der Waals surface area contributed by atoms with E-state index in [4.69, 9.17) is 28.4 Å². The average molecular weight is 679 g/mol. The second-order valence-electron chi connectivity index (χ2n) is 18.0. The molecule has 49 heavy (non-hydrogen) atoms. The zero-order valence-electron chi connectivity index (χ0n) is 30.1. The Labute approximate surface area is 292 Å². The summed E-state index contributed by atoms with van der Waals surface area (Å²) in [6.07, 6.45) is 7.75. The van der Waals surface area contributed by atoms with Crippen molar-refractivity contribution in [1.82, 2.24) is 0 Å². The molecule has 8 nitrogen and oxygen atoms in total. The van der Waals surface area contributed by atoms with Crippen molar-refractivity contribution in [2.45, 2.75) is 147 Å². The minimum absolute atomic E-state index is 0.0617. The van der Waals surface area contributed by atoms with Crippen LogP contribution in [0.2, 0.25) is 0 Å². The molecule has 4 aliphatic carbocycles. The van der Waals surface area contributed by atoms with Gasteiger partial charge in [-0.05, 0) is 98.7 Å². The van der Waals surface area contributed by atoms with Crippen LogP contribution in [0.5, 0.6) is 0 Å². The van der Waals surface area contributed by atoms with E-state index >= 15 is 0 Å². The molecule has 17 atom stereocenters. The Balaban J connectivity index is 0.852. The third-order valence-corrected chi connectivity index (χ3v) is 15.3. The smallest absolute Gasteiger partial charge is 0.186 e. The fourth-order valence-corrected chi connectivity index (χ4v) is 12.5. The van der Waals surface area contributed by atoms with Crippen molar-refractivity contribution >= 4 is 0 Å². The van der Waals surface area contributed by atoms with E-state index in [1.807, 2.05) is 31.2 Å². The van der Waals surface area contributed by atoms with E-state index in [-0.39, 0.29) is 23.9 Å². The van der Waals surface area contributed by atoms with Gasteiger partial charge in [0.25, 0.3) is 0 Å². The first-order valence-electron chi connectivity index (χ1n) is 19.5. The fraction of sp³-hybridized carbons (Fsp3) is 0.805. The van der Waals surface area contributed by atoms with Gasteiger partial charge in [0.15, 0.2) is 18.4 Å². The molecule has 0 aromatic heterocycles. The van der Waals surface area contributed by atoms with Gasteiger partial charge in [-0.15, -0.1) is 0 Å². The molecule has 3 saturated carbocycles. The van der Waals surface area contributed by atoms with Crippen LogP contribution < -0.4 is 0 Å². The first-order chi connectivity index (χ1) is 23.5. The summed E-state index contributed by atoms with van der Waals surface area (Å²) >= 11 is 0. The average Bonchev–Trinajstić information content (AvgIpc) is 3.54. The first-order valence-corrected chi connectivity index (χ1v) is 19.5. The summed E-state index contributed by atoms with van der Waals surface area (Å²) in [7, 11) is 0. The van der Waals surface area contributed by atoms with E-state index in [9.17, 15) is 10.2 Å². The molecule has 8 heteroatoms. The molecule has 1 spiro atoms.